The van der Waals surface area contributed by atoms with Crippen LogP contribution < -0.4 is 5.73 Å². The number of rotatable bonds is 11. The second-order valence-electron chi connectivity index (χ2n) is 5.39. The molecule has 0 radical (unpaired) electrons. The van der Waals surface area contributed by atoms with E-state index in [-0.39, 0.29) is 12.1 Å². The summed E-state index contributed by atoms with van der Waals surface area (Å²) in [7, 11) is 0. The highest BCUT2D eigenvalue weighted by Gasteiger charge is 2.15. The first-order valence-electron chi connectivity index (χ1n) is 7.02. The molecular formula is C14H31NO. The Morgan fingerprint density at radius 2 is 1.31 bits per heavy atom. The summed E-state index contributed by atoms with van der Waals surface area (Å²) in [5, 5.41) is 8.99. The van der Waals surface area contributed by atoms with Gasteiger partial charge in [-0.1, -0.05) is 64.7 Å². The first kappa shape index (κ1) is 15.9. The highest BCUT2D eigenvalue weighted by Crippen LogP contribution is 2.14. The van der Waals surface area contributed by atoms with Gasteiger partial charge < -0.3 is 10.8 Å². The zero-order valence-corrected chi connectivity index (χ0v) is 11.3. The SMILES string of the molecule is CCCCCCCCCCC[C@@](C)(N)CO. The maximum Gasteiger partial charge on any atom is 0.0608 e. The zero-order chi connectivity index (χ0) is 12.3. The fourth-order valence-electron chi connectivity index (χ4n) is 1.92. The molecule has 0 spiro atoms. The van der Waals surface area contributed by atoms with Gasteiger partial charge in [0.2, 0.25) is 0 Å². The van der Waals surface area contributed by atoms with Crippen LogP contribution in [0.2, 0.25) is 0 Å². The Balaban J connectivity index is 3.10. The number of hydrogen-bond acceptors (Lipinski definition) is 2. The van der Waals surface area contributed by atoms with E-state index in [9.17, 15) is 0 Å². The van der Waals surface area contributed by atoms with Gasteiger partial charge in [0.05, 0.1) is 6.61 Å². The van der Waals surface area contributed by atoms with Crippen LogP contribution in [0.5, 0.6) is 0 Å². The van der Waals surface area contributed by atoms with E-state index in [1.165, 1.54) is 51.4 Å². The van der Waals surface area contributed by atoms with E-state index in [0.717, 1.165) is 12.8 Å². The van der Waals surface area contributed by atoms with Gasteiger partial charge >= 0.3 is 0 Å². The van der Waals surface area contributed by atoms with Gasteiger partial charge in [0.15, 0.2) is 0 Å². The maximum atomic E-state index is 8.99. The Labute approximate surface area is 102 Å². The molecule has 0 aromatic carbocycles. The van der Waals surface area contributed by atoms with Crippen LogP contribution in [-0.2, 0) is 0 Å². The van der Waals surface area contributed by atoms with Crippen molar-refractivity contribution in [2.45, 2.75) is 83.6 Å². The molecule has 0 aliphatic heterocycles. The number of aliphatic hydroxyl groups excluding tert-OH is 1. The molecule has 0 aliphatic carbocycles. The summed E-state index contributed by atoms with van der Waals surface area (Å²) in [5.41, 5.74) is 5.50. The average Bonchev–Trinajstić information content (AvgIpc) is 2.27. The second kappa shape index (κ2) is 10.1. The van der Waals surface area contributed by atoms with Crippen LogP contribution in [0.3, 0.4) is 0 Å². The van der Waals surface area contributed by atoms with Crippen LogP contribution >= 0.6 is 0 Å². The van der Waals surface area contributed by atoms with E-state index in [4.69, 9.17) is 10.8 Å². The number of nitrogens with two attached hydrogens (primary N) is 1. The Hall–Kier alpha value is -0.0800. The minimum Gasteiger partial charge on any atom is -0.394 e. The third-order valence-electron chi connectivity index (χ3n) is 3.21. The highest BCUT2D eigenvalue weighted by atomic mass is 16.3. The molecule has 2 heteroatoms. The van der Waals surface area contributed by atoms with Gasteiger partial charge in [-0.2, -0.15) is 0 Å². The predicted octanol–water partition coefficient (Wildman–Crippen LogP) is 3.62. The fraction of sp³-hybridized carbons (Fsp3) is 1.00. The summed E-state index contributed by atoms with van der Waals surface area (Å²) in [6.07, 6.45) is 13.0. The second-order valence-corrected chi connectivity index (χ2v) is 5.39. The standard InChI is InChI=1S/C14H31NO/c1-3-4-5-6-7-8-9-10-11-12-14(2,15)13-16/h16H,3-13,15H2,1-2H3/t14-/m1/s1. The van der Waals surface area contributed by atoms with Gasteiger partial charge in [-0.15, -0.1) is 0 Å². The molecule has 2 nitrogen and oxygen atoms in total. The molecule has 3 N–H and O–H groups in total. The minimum atomic E-state index is -0.360. The van der Waals surface area contributed by atoms with E-state index in [1.54, 1.807) is 0 Å². The van der Waals surface area contributed by atoms with E-state index in [2.05, 4.69) is 6.92 Å². The molecule has 0 amide bonds. The van der Waals surface area contributed by atoms with E-state index in [1.807, 2.05) is 6.92 Å². The molecule has 0 heterocycles. The minimum absolute atomic E-state index is 0.101. The third kappa shape index (κ3) is 10.4. The van der Waals surface area contributed by atoms with Crippen molar-refractivity contribution in [3.63, 3.8) is 0 Å². The molecule has 1 atom stereocenters. The summed E-state index contributed by atoms with van der Waals surface area (Å²) >= 11 is 0. The molecule has 0 bridgehead atoms. The summed E-state index contributed by atoms with van der Waals surface area (Å²) in [4.78, 5) is 0. The van der Waals surface area contributed by atoms with Crippen molar-refractivity contribution in [3.05, 3.63) is 0 Å². The lowest BCUT2D eigenvalue weighted by Gasteiger charge is -2.21. The lowest BCUT2D eigenvalue weighted by molar-refractivity contribution is 0.197. The Bertz CT molecular complexity index is 146. The van der Waals surface area contributed by atoms with Gasteiger partial charge in [0, 0.05) is 5.54 Å². The topological polar surface area (TPSA) is 46.2 Å². The van der Waals surface area contributed by atoms with E-state index >= 15 is 0 Å². The smallest absolute Gasteiger partial charge is 0.0608 e. The molecule has 0 saturated carbocycles. The highest BCUT2D eigenvalue weighted by molar-refractivity contribution is 4.76. The van der Waals surface area contributed by atoms with Crippen molar-refractivity contribution in [1.29, 1.82) is 0 Å². The molecule has 0 aromatic rings. The summed E-state index contributed by atoms with van der Waals surface area (Å²) < 4.78 is 0. The average molecular weight is 229 g/mol. The van der Waals surface area contributed by atoms with Gasteiger partial charge in [0.25, 0.3) is 0 Å². The predicted molar refractivity (Wildman–Crippen MR) is 71.5 cm³/mol. The first-order chi connectivity index (χ1) is 7.62. The molecule has 0 saturated heterocycles. The molecule has 0 unspecified atom stereocenters. The molecule has 16 heavy (non-hydrogen) atoms. The van der Waals surface area contributed by atoms with Gasteiger partial charge in [-0.3, -0.25) is 0 Å². The summed E-state index contributed by atoms with van der Waals surface area (Å²) in [6.45, 7) is 4.28. The van der Waals surface area contributed by atoms with Crippen LogP contribution in [-0.4, -0.2) is 17.3 Å². The lowest BCUT2D eigenvalue weighted by atomic mass is 9.96. The number of unbranched alkanes of at least 4 members (excludes halogenated alkanes) is 8. The number of hydrogen-bond donors (Lipinski definition) is 2. The molecule has 0 aromatic heterocycles. The quantitative estimate of drug-likeness (QED) is 0.532. The maximum absolute atomic E-state index is 8.99. The van der Waals surface area contributed by atoms with Gasteiger partial charge in [0.1, 0.15) is 0 Å². The summed E-state index contributed by atoms with van der Waals surface area (Å²) in [5.74, 6) is 0. The zero-order valence-electron chi connectivity index (χ0n) is 11.3. The Morgan fingerprint density at radius 3 is 1.75 bits per heavy atom. The van der Waals surface area contributed by atoms with Crippen LogP contribution in [0.15, 0.2) is 0 Å². The molecule has 0 aliphatic rings. The van der Waals surface area contributed by atoms with Crippen LogP contribution in [0, 0.1) is 0 Å². The van der Waals surface area contributed by atoms with Crippen LogP contribution in [0.4, 0.5) is 0 Å². The molecular weight excluding hydrogens is 198 g/mol. The van der Waals surface area contributed by atoms with Gasteiger partial charge in [-0.05, 0) is 13.3 Å². The summed E-state index contributed by atoms with van der Waals surface area (Å²) in [6, 6.07) is 0. The molecule has 98 valence electrons. The number of aliphatic hydroxyl groups is 1. The monoisotopic (exact) mass is 229 g/mol. The lowest BCUT2D eigenvalue weighted by Crippen LogP contribution is -2.39. The van der Waals surface area contributed by atoms with Crippen molar-refractivity contribution >= 4 is 0 Å². The van der Waals surface area contributed by atoms with Crippen molar-refractivity contribution in [2.24, 2.45) is 5.73 Å². The molecule has 0 rings (SSSR count). The van der Waals surface area contributed by atoms with Crippen LogP contribution in [0.25, 0.3) is 0 Å². The first-order valence-corrected chi connectivity index (χ1v) is 7.02. The third-order valence-corrected chi connectivity index (χ3v) is 3.21. The van der Waals surface area contributed by atoms with Crippen molar-refractivity contribution in [2.75, 3.05) is 6.61 Å². The van der Waals surface area contributed by atoms with Crippen molar-refractivity contribution in [3.8, 4) is 0 Å². The van der Waals surface area contributed by atoms with E-state index < -0.39 is 0 Å². The van der Waals surface area contributed by atoms with Crippen molar-refractivity contribution < 1.29 is 5.11 Å². The van der Waals surface area contributed by atoms with Gasteiger partial charge in [-0.25, -0.2) is 0 Å². The van der Waals surface area contributed by atoms with Crippen molar-refractivity contribution in [1.82, 2.24) is 0 Å². The van der Waals surface area contributed by atoms with Crippen LogP contribution in [0.1, 0.15) is 78.1 Å². The molecule has 0 fully saturated rings. The largest absolute Gasteiger partial charge is 0.394 e. The normalized spacial score (nSPS) is 15.0. The Kier molecular flexibility index (Phi) is 10.0. The fourth-order valence-corrected chi connectivity index (χ4v) is 1.92. The Morgan fingerprint density at radius 1 is 0.875 bits per heavy atom. The van der Waals surface area contributed by atoms with E-state index in [0.29, 0.717) is 0 Å².